The summed E-state index contributed by atoms with van der Waals surface area (Å²) in [6.45, 7) is 4.99. The predicted molar refractivity (Wildman–Crippen MR) is 117 cm³/mol. The fraction of sp³-hybridized carbons (Fsp3) is 0.391. The van der Waals surface area contributed by atoms with Crippen LogP contribution in [0.3, 0.4) is 0 Å². The van der Waals surface area contributed by atoms with Crippen molar-refractivity contribution in [2.45, 2.75) is 38.9 Å². The third kappa shape index (κ3) is 4.99. The largest absolute Gasteiger partial charge is 0.417 e. The number of piperidine rings is 1. The van der Waals surface area contributed by atoms with Crippen molar-refractivity contribution in [2.24, 2.45) is 5.92 Å². The average molecular weight is 458 g/mol. The van der Waals surface area contributed by atoms with Gasteiger partial charge in [0.25, 0.3) is 5.91 Å². The number of benzene rings is 1. The number of likely N-dealkylation sites (tertiary alicyclic amines) is 1. The fourth-order valence-electron chi connectivity index (χ4n) is 4.20. The van der Waals surface area contributed by atoms with Gasteiger partial charge in [-0.1, -0.05) is 23.8 Å². The summed E-state index contributed by atoms with van der Waals surface area (Å²) in [6.07, 6.45) is 1.47. The number of aromatic nitrogens is 4. The molecule has 1 saturated heterocycles. The second-order valence-corrected chi connectivity index (χ2v) is 8.36. The molecule has 0 bridgehead atoms. The van der Waals surface area contributed by atoms with Crippen molar-refractivity contribution in [3.63, 3.8) is 0 Å². The number of anilines is 1. The zero-order chi connectivity index (χ0) is 23.6. The first kappa shape index (κ1) is 22.8. The summed E-state index contributed by atoms with van der Waals surface area (Å²) in [5.74, 6) is 0.444. The van der Waals surface area contributed by atoms with Gasteiger partial charge in [0.15, 0.2) is 0 Å². The molecule has 0 saturated carbocycles. The number of hydrogen-bond donors (Lipinski definition) is 1. The number of pyridine rings is 1. The molecule has 33 heavy (non-hydrogen) atoms. The number of rotatable bonds is 5. The molecule has 1 aliphatic rings. The van der Waals surface area contributed by atoms with Gasteiger partial charge in [0, 0.05) is 19.3 Å². The third-order valence-electron chi connectivity index (χ3n) is 6.01. The van der Waals surface area contributed by atoms with Crippen LogP contribution in [0, 0.1) is 12.8 Å². The molecule has 1 aromatic carbocycles. The molecule has 2 atom stereocenters. The van der Waals surface area contributed by atoms with Gasteiger partial charge >= 0.3 is 6.18 Å². The van der Waals surface area contributed by atoms with Gasteiger partial charge in [-0.3, -0.25) is 4.79 Å². The number of aryl methyl sites for hydroxylation is 1. The summed E-state index contributed by atoms with van der Waals surface area (Å²) in [7, 11) is 0. The van der Waals surface area contributed by atoms with Crippen LogP contribution in [0.2, 0.25) is 0 Å². The highest BCUT2D eigenvalue weighted by Crippen LogP contribution is 2.30. The van der Waals surface area contributed by atoms with Gasteiger partial charge < -0.3 is 10.2 Å². The highest BCUT2D eigenvalue weighted by atomic mass is 19.4. The Labute approximate surface area is 189 Å². The molecule has 0 spiro atoms. The molecule has 0 radical (unpaired) electrons. The Morgan fingerprint density at radius 3 is 2.73 bits per heavy atom. The molecule has 7 nitrogen and oxygen atoms in total. The van der Waals surface area contributed by atoms with Crippen LogP contribution in [-0.4, -0.2) is 49.9 Å². The first-order valence-electron chi connectivity index (χ1n) is 10.8. The summed E-state index contributed by atoms with van der Waals surface area (Å²) < 4.78 is 40.0. The predicted octanol–water partition coefficient (Wildman–Crippen LogP) is 4.34. The Morgan fingerprint density at radius 2 is 2.06 bits per heavy atom. The van der Waals surface area contributed by atoms with E-state index in [9.17, 15) is 18.0 Å². The standard InChI is InChI=1S/C23H25F3N6O/c1-15-5-7-19(32-11-9-29-30-32)18(12-15)22(33)31-10-3-4-16(2)20(31)14-28-21-8-6-17(13-27-21)23(24,25)26/h5-9,11-13,16,20H,3-4,10,14H2,1-2H3,(H,27,28)/t16-,20?/m1/s1. The lowest BCUT2D eigenvalue weighted by molar-refractivity contribution is -0.137. The molecule has 1 amide bonds. The zero-order valence-electron chi connectivity index (χ0n) is 18.4. The number of hydrogen-bond acceptors (Lipinski definition) is 5. The van der Waals surface area contributed by atoms with Crippen molar-refractivity contribution in [1.82, 2.24) is 24.9 Å². The molecule has 3 aromatic rings. The summed E-state index contributed by atoms with van der Waals surface area (Å²) in [5.41, 5.74) is 1.34. The fourth-order valence-corrected chi connectivity index (χ4v) is 4.20. The lowest BCUT2D eigenvalue weighted by Crippen LogP contribution is -2.51. The number of amides is 1. The lowest BCUT2D eigenvalue weighted by Gasteiger charge is -2.40. The highest BCUT2D eigenvalue weighted by Gasteiger charge is 2.34. The Bertz CT molecular complexity index is 1100. The van der Waals surface area contributed by atoms with E-state index < -0.39 is 11.7 Å². The van der Waals surface area contributed by atoms with Gasteiger partial charge in [-0.05, 0) is 49.9 Å². The molecule has 3 heterocycles. The monoisotopic (exact) mass is 458 g/mol. The van der Waals surface area contributed by atoms with Crippen LogP contribution in [0.4, 0.5) is 19.0 Å². The Morgan fingerprint density at radius 1 is 1.24 bits per heavy atom. The Kier molecular flexibility index (Phi) is 6.35. The summed E-state index contributed by atoms with van der Waals surface area (Å²) in [5, 5.41) is 11.0. The lowest BCUT2D eigenvalue weighted by atomic mass is 9.89. The third-order valence-corrected chi connectivity index (χ3v) is 6.01. The van der Waals surface area contributed by atoms with Crippen molar-refractivity contribution in [1.29, 1.82) is 0 Å². The van der Waals surface area contributed by atoms with E-state index in [1.54, 1.807) is 17.1 Å². The zero-order valence-corrected chi connectivity index (χ0v) is 18.4. The highest BCUT2D eigenvalue weighted by molar-refractivity contribution is 5.98. The van der Waals surface area contributed by atoms with Crippen molar-refractivity contribution in [3.8, 4) is 5.69 Å². The number of halogens is 3. The van der Waals surface area contributed by atoms with Crippen LogP contribution in [0.25, 0.3) is 5.69 Å². The van der Waals surface area contributed by atoms with E-state index in [1.165, 1.54) is 6.07 Å². The Balaban J connectivity index is 1.55. The maximum absolute atomic E-state index is 13.7. The van der Waals surface area contributed by atoms with Crippen molar-refractivity contribution >= 4 is 11.7 Å². The number of nitrogens with one attached hydrogen (secondary N) is 1. The maximum atomic E-state index is 13.7. The average Bonchev–Trinajstić information content (AvgIpc) is 3.32. The van der Waals surface area contributed by atoms with Crippen molar-refractivity contribution < 1.29 is 18.0 Å². The van der Waals surface area contributed by atoms with E-state index in [1.807, 2.05) is 30.0 Å². The van der Waals surface area contributed by atoms with Gasteiger partial charge in [0.2, 0.25) is 0 Å². The van der Waals surface area contributed by atoms with Crippen LogP contribution in [0.5, 0.6) is 0 Å². The molecule has 0 aliphatic carbocycles. The smallest absolute Gasteiger partial charge is 0.368 e. The molecule has 4 rings (SSSR count). The van der Waals surface area contributed by atoms with Crippen molar-refractivity contribution in [3.05, 3.63) is 65.6 Å². The molecule has 1 aliphatic heterocycles. The minimum Gasteiger partial charge on any atom is -0.368 e. The topological polar surface area (TPSA) is 75.9 Å². The number of carbonyl (C=O) groups excluding carboxylic acids is 1. The quantitative estimate of drug-likeness (QED) is 0.616. The van der Waals surface area contributed by atoms with Crippen LogP contribution in [0.1, 0.15) is 41.3 Å². The molecule has 1 unspecified atom stereocenters. The number of carbonyl (C=O) groups is 1. The summed E-state index contributed by atoms with van der Waals surface area (Å²) >= 11 is 0. The van der Waals surface area contributed by atoms with Gasteiger partial charge in [-0.15, -0.1) is 5.10 Å². The van der Waals surface area contributed by atoms with Gasteiger partial charge in [-0.25, -0.2) is 9.67 Å². The maximum Gasteiger partial charge on any atom is 0.417 e. The molecule has 10 heteroatoms. The molecule has 174 valence electrons. The number of nitrogens with zero attached hydrogens (tertiary/aromatic N) is 5. The van der Waals surface area contributed by atoms with Gasteiger partial charge in [0.1, 0.15) is 5.82 Å². The van der Waals surface area contributed by atoms with E-state index in [0.717, 1.165) is 30.7 Å². The summed E-state index contributed by atoms with van der Waals surface area (Å²) in [4.78, 5) is 19.4. The second kappa shape index (κ2) is 9.21. The SMILES string of the molecule is Cc1ccc(-n2ccnn2)c(C(=O)N2CCC[C@@H](C)C2CNc2ccc(C(F)(F)F)cn2)c1. The molecule has 1 N–H and O–H groups in total. The first-order valence-corrected chi connectivity index (χ1v) is 10.8. The van der Waals surface area contributed by atoms with E-state index in [-0.39, 0.29) is 17.9 Å². The second-order valence-electron chi connectivity index (χ2n) is 8.36. The van der Waals surface area contributed by atoms with Crippen LogP contribution in [-0.2, 0) is 6.18 Å². The van der Waals surface area contributed by atoms with Crippen LogP contribution >= 0.6 is 0 Å². The minimum atomic E-state index is -4.43. The van der Waals surface area contributed by atoms with Gasteiger partial charge in [0.05, 0.1) is 35.2 Å². The molecule has 2 aromatic heterocycles. The minimum absolute atomic E-state index is 0.108. The van der Waals surface area contributed by atoms with Crippen molar-refractivity contribution in [2.75, 3.05) is 18.4 Å². The van der Waals surface area contributed by atoms with Crippen LogP contribution < -0.4 is 5.32 Å². The van der Waals surface area contributed by atoms with Crippen LogP contribution in [0.15, 0.2) is 48.9 Å². The Hall–Kier alpha value is -3.43. The number of alkyl halides is 3. The van der Waals surface area contributed by atoms with E-state index in [4.69, 9.17) is 0 Å². The van der Waals surface area contributed by atoms with E-state index in [2.05, 4.69) is 27.5 Å². The summed E-state index contributed by atoms with van der Waals surface area (Å²) in [6, 6.07) is 7.79. The normalized spacial score (nSPS) is 18.9. The molecular weight excluding hydrogens is 433 g/mol. The van der Waals surface area contributed by atoms with E-state index >= 15 is 0 Å². The molecule has 1 fully saturated rings. The van der Waals surface area contributed by atoms with E-state index in [0.29, 0.717) is 30.2 Å². The first-order chi connectivity index (χ1) is 15.7. The molecular formula is C23H25F3N6O. The van der Waals surface area contributed by atoms with Gasteiger partial charge in [-0.2, -0.15) is 13.2 Å².